The molecule has 2 heteroatoms. The molecule has 0 unspecified atom stereocenters. The fourth-order valence-electron chi connectivity index (χ4n) is 2.56. The van der Waals surface area contributed by atoms with Gasteiger partial charge in [-0.2, -0.15) is 0 Å². The van der Waals surface area contributed by atoms with Crippen molar-refractivity contribution >= 4 is 5.69 Å². The monoisotopic (exact) mass is 218 g/mol. The number of anilines is 1. The molecular formula is C14H22N2. The van der Waals surface area contributed by atoms with Crippen molar-refractivity contribution in [1.82, 2.24) is 5.32 Å². The average Bonchev–Trinajstić information content (AvgIpc) is 2.83. The summed E-state index contributed by atoms with van der Waals surface area (Å²) in [4.78, 5) is 2.44. The van der Waals surface area contributed by atoms with Crippen molar-refractivity contribution in [3.05, 3.63) is 29.8 Å². The van der Waals surface area contributed by atoms with Crippen LogP contribution >= 0.6 is 0 Å². The molecule has 0 atom stereocenters. The molecule has 88 valence electrons. The van der Waals surface area contributed by atoms with E-state index in [0.29, 0.717) is 0 Å². The molecule has 0 bridgehead atoms. The van der Waals surface area contributed by atoms with Gasteiger partial charge in [-0.1, -0.05) is 25.0 Å². The quantitative estimate of drug-likeness (QED) is 0.836. The van der Waals surface area contributed by atoms with E-state index in [2.05, 4.69) is 41.5 Å². The molecule has 0 heterocycles. The first-order valence-electron chi connectivity index (χ1n) is 6.27. The highest BCUT2D eigenvalue weighted by Gasteiger charge is 2.19. The minimum atomic E-state index is 0.759. The van der Waals surface area contributed by atoms with E-state index in [0.717, 1.165) is 12.6 Å². The molecule has 0 radical (unpaired) electrons. The van der Waals surface area contributed by atoms with E-state index in [1.54, 1.807) is 0 Å². The maximum absolute atomic E-state index is 3.17. The van der Waals surface area contributed by atoms with Gasteiger partial charge in [-0.3, -0.25) is 0 Å². The predicted molar refractivity (Wildman–Crippen MR) is 69.9 cm³/mol. The fraction of sp³-hybridized carbons (Fsp3) is 0.571. The second-order valence-electron chi connectivity index (χ2n) is 4.75. The Bertz CT molecular complexity index is 312. The summed E-state index contributed by atoms with van der Waals surface area (Å²) in [5.74, 6) is 0. The molecule has 0 spiro atoms. The lowest BCUT2D eigenvalue weighted by Gasteiger charge is -2.26. The Morgan fingerprint density at radius 3 is 2.38 bits per heavy atom. The van der Waals surface area contributed by atoms with Crippen molar-refractivity contribution in [2.24, 2.45) is 0 Å². The molecule has 1 aromatic carbocycles. The van der Waals surface area contributed by atoms with Gasteiger partial charge in [0.25, 0.3) is 0 Å². The summed E-state index contributed by atoms with van der Waals surface area (Å²) in [7, 11) is 4.21. The van der Waals surface area contributed by atoms with E-state index < -0.39 is 0 Å². The second kappa shape index (κ2) is 5.35. The summed E-state index contributed by atoms with van der Waals surface area (Å²) in [6.07, 6.45) is 5.50. The number of hydrogen-bond donors (Lipinski definition) is 1. The van der Waals surface area contributed by atoms with Crippen molar-refractivity contribution in [2.75, 3.05) is 19.0 Å². The van der Waals surface area contributed by atoms with Gasteiger partial charge in [0.15, 0.2) is 0 Å². The normalized spacial score (nSPS) is 16.6. The lowest BCUT2D eigenvalue weighted by Crippen LogP contribution is -2.28. The van der Waals surface area contributed by atoms with E-state index in [1.807, 2.05) is 7.05 Å². The smallest absolute Gasteiger partial charge is 0.0366 e. The number of nitrogens with zero attached hydrogens (tertiary/aromatic N) is 1. The zero-order chi connectivity index (χ0) is 11.4. The summed E-state index contributed by atoms with van der Waals surface area (Å²) in [6.45, 7) is 0.952. The summed E-state index contributed by atoms with van der Waals surface area (Å²) < 4.78 is 0. The number of nitrogens with one attached hydrogen (secondary N) is 1. The number of benzene rings is 1. The summed E-state index contributed by atoms with van der Waals surface area (Å²) in [5, 5.41) is 3.17. The minimum absolute atomic E-state index is 0.759. The molecular weight excluding hydrogens is 196 g/mol. The zero-order valence-electron chi connectivity index (χ0n) is 10.4. The first-order chi connectivity index (χ1) is 7.81. The third-order valence-electron chi connectivity index (χ3n) is 3.60. The zero-order valence-corrected chi connectivity index (χ0v) is 10.4. The maximum atomic E-state index is 3.17. The van der Waals surface area contributed by atoms with Crippen molar-refractivity contribution in [3.63, 3.8) is 0 Å². The van der Waals surface area contributed by atoms with Crippen LogP contribution in [0.1, 0.15) is 31.2 Å². The van der Waals surface area contributed by atoms with Gasteiger partial charge in [0, 0.05) is 25.3 Å². The SMILES string of the molecule is CNCc1ccc(N(C)C2CCCC2)cc1. The molecule has 1 fully saturated rings. The van der Waals surface area contributed by atoms with Crippen LogP contribution in [0, 0.1) is 0 Å². The van der Waals surface area contributed by atoms with E-state index in [9.17, 15) is 0 Å². The van der Waals surface area contributed by atoms with E-state index in [1.165, 1.54) is 36.9 Å². The van der Waals surface area contributed by atoms with Crippen molar-refractivity contribution in [3.8, 4) is 0 Å². The molecule has 1 aliphatic rings. The van der Waals surface area contributed by atoms with Gasteiger partial charge in [-0.15, -0.1) is 0 Å². The number of hydrogen-bond acceptors (Lipinski definition) is 2. The molecule has 1 saturated carbocycles. The van der Waals surface area contributed by atoms with Crippen LogP contribution < -0.4 is 10.2 Å². The highest BCUT2D eigenvalue weighted by molar-refractivity contribution is 5.48. The Balaban J connectivity index is 2.02. The van der Waals surface area contributed by atoms with Gasteiger partial charge in [0.05, 0.1) is 0 Å². The molecule has 1 aromatic rings. The third-order valence-corrected chi connectivity index (χ3v) is 3.60. The first-order valence-corrected chi connectivity index (χ1v) is 6.27. The second-order valence-corrected chi connectivity index (χ2v) is 4.75. The van der Waals surface area contributed by atoms with Gasteiger partial charge in [-0.25, -0.2) is 0 Å². The highest BCUT2D eigenvalue weighted by atomic mass is 15.1. The fourth-order valence-corrected chi connectivity index (χ4v) is 2.56. The average molecular weight is 218 g/mol. The lowest BCUT2D eigenvalue weighted by molar-refractivity contribution is 0.653. The Labute approximate surface area is 98.7 Å². The first kappa shape index (κ1) is 11.5. The molecule has 16 heavy (non-hydrogen) atoms. The van der Waals surface area contributed by atoms with Crippen LogP contribution in [-0.4, -0.2) is 20.1 Å². The molecule has 1 aliphatic carbocycles. The van der Waals surface area contributed by atoms with E-state index >= 15 is 0 Å². The van der Waals surface area contributed by atoms with Crippen LogP contribution in [-0.2, 0) is 6.54 Å². The van der Waals surface area contributed by atoms with Gasteiger partial charge in [0.1, 0.15) is 0 Å². The van der Waals surface area contributed by atoms with Crippen LogP contribution in [0.15, 0.2) is 24.3 Å². The van der Waals surface area contributed by atoms with Gasteiger partial charge in [-0.05, 0) is 37.6 Å². The Kier molecular flexibility index (Phi) is 3.83. The largest absolute Gasteiger partial charge is 0.372 e. The van der Waals surface area contributed by atoms with Gasteiger partial charge in [0.2, 0.25) is 0 Å². The molecule has 0 aromatic heterocycles. The summed E-state index contributed by atoms with van der Waals surface area (Å²) >= 11 is 0. The minimum Gasteiger partial charge on any atom is -0.372 e. The lowest BCUT2D eigenvalue weighted by atomic mass is 10.1. The van der Waals surface area contributed by atoms with E-state index in [4.69, 9.17) is 0 Å². The topological polar surface area (TPSA) is 15.3 Å². The highest BCUT2D eigenvalue weighted by Crippen LogP contribution is 2.26. The number of rotatable bonds is 4. The summed E-state index contributed by atoms with van der Waals surface area (Å²) in [6, 6.07) is 9.68. The van der Waals surface area contributed by atoms with Gasteiger partial charge >= 0.3 is 0 Å². The molecule has 0 saturated heterocycles. The molecule has 2 nitrogen and oxygen atoms in total. The van der Waals surface area contributed by atoms with Crippen LogP contribution in [0.5, 0.6) is 0 Å². The predicted octanol–water partition coefficient (Wildman–Crippen LogP) is 2.78. The van der Waals surface area contributed by atoms with Crippen LogP contribution in [0.2, 0.25) is 0 Å². The third kappa shape index (κ3) is 2.56. The van der Waals surface area contributed by atoms with Crippen molar-refractivity contribution < 1.29 is 0 Å². The Morgan fingerprint density at radius 2 is 1.81 bits per heavy atom. The Morgan fingerprint density at radius 1 is 1.19 bits per heavy atom. The molecule has 0 amide bonds. The summed E-state index contributed by atoms with van der Waals surface area (Å²) in [5.41, 5.74) is 2.71. The van der Waals surface area contributed by atoms with Crippen LogP contribution in [0.4, 0.5) is 5.69 Å². The van der Waals surface area contributed by atoms with Crippen molar-refractivity contribution in [2.45, 2.75) is 38.3 Å². The van der Waals surface area contributed by atoms with Gasteiger partial charge < -0.3 is 10.2 Å². The maximum Gasteiger partial charge on any atom is 0.0366 e. The molecule has 2 rings (SSSR count). The van der Waals surface area contributed by atoms with Crippen molar-refractivity contribution in [1.29, 1.82) is 0 Å². The molecule has 1 N–H and O–H groups in total. The van der Waals surface area contributed by atoms with E-state index in [-0.39, 0.29) is 0 Å². The standard InChI is InChI=1S/C14H22N2/c1-15-11-12-7-9-14(10-8-12)16(2)13-5-3-4-6-13/h7-10,13,15H,3-6,11H2,1-2H3. The van der Waals surface area contributed by atoms with Crippen LogP contribution in [0.25, 0.3) is 0 Å². The Hall–Kier alpha value is -1.02. The van der Waals surface area contributed by atoms with Crippen LogP contribution in [0.3, 0.4) is 0 Å². The molecule has 0 aliphatic heterocycles.